The van der Waals surface area contributed by atoms with Crippen LogP contribution in [0.5, 0.6) is 0 Å². The van der Waals surface area contributed by atoms with Gasteiger partial charge in [0.1, 0.15) is 0 Å². The normalized spacial score (nSPS) is 10.6. The first-order valence-corrected chi connectivity index (χ1v) is 8.32. The minimum atomic E-state index is 0.949. The van der Waals surface area contributed by atoms with E-state index in [0.717, 1.165) is 34.2 Å². The SMILES string of the molecule is CCCNc1ncc(-c2cccnc2-c2ccccc2C)s1. The Morgan fingerprint density at radius 1 is 1.05 bits per heavy atom. The number of rotatable bonds is 5. The van der Waals surface area contributed by atoms with Crippen molar-refractivity contribution in [2.24, 2.45) is 0 Å². The lowest BCUT2D eigenvalue weighted by Gasteiger charge is -2.09. The van der Waals surface area contributed by atoms with E-state index in [1.807, 2.05) is 18.5 Å². The number of hydrogen-bond acceptors (Lipinski definition) is 4. The molecule has 0 aliphatic rings. The molecule has 0 radical (unpaired) electrons. The Hall–Kier alpha value is -2.20. The molecule has 3 rings (SSSR count). The van der Waals surface area contributed by atoms with Crippen molar-refractivity contribution in [3.8, 4) is 21.7 Å². The molecule has 112 valence electrons. The van der Waals surface area contributed by atoms with Crippen molar-refractivity contribution >= 4 is 16.5 Å². The molecule has 0 saturated heterocycles. The van der Waals surface area contributed by atoms with Gasteiger partial charge in [0.05, 0.1) is 10.6 Å². The molecule has 0 spiro atoms. The van der Waals surface area contributed by atoms with Gasteiger partial charge in [-0.25, -0.2) is 4.98 Å². The first-order valence-electron chi connectivity index (χ1n) is 7.50. The molecule has 1 N–H and O–H groups in total. The molecule has 2 heterocycles. The molecule has 0 bridgehead atoms. The molecule has 0 aliphatic heterocycles. The molecular formula is C18H19N3S. The monoisotopic (exact) mass is 309 g/mol. The maximum Gasteiger partial charge on any atom is 0.183 e. The van der Waals surface area contributed by atoms with E-state index in [2.05, 4.69) is 59.5 Å². The van der Waals surface area contributed by atoms with E-state index < -0.39 is 0 Å². The van der Waals surface area contributed by atoms with Gasteiger partial charge in [-0.3, -0.25) is 4.98 Å². The van der Waals surface area contributed by atoms with Gasteiger partial charge in [0.15, 0.2) is 5.13 Å². The van der Waals surface area contributed by atoms with Crippen LogP contribution in [0.15, 0.2) is 48.8 Å². The number of anilines is 1. The third-order valence-electron chi connectivity index (χ3n) is 3.51. The number of thiazole rings is 1. The van der Waals surface area contributed by atoms with Gasteiger partial charge in [-0.2, -0.15) is 0 Å². The van der Waals surface area contributed by atoms with Crippen LogP contribution in [0, 0.1) is 6.92 Å². The third kappa shape index (κ3) is 3.02. The van der Waals surface area contributed by atoms with Crippen molar-refractivity contribution in [1.82, 2.24) is 9.97 Å². The van der Waals surface area contributed by atoms with Crippen LogP contribution in [-0.4, -0.2) is 16.5 Å². The maximum absolute atomic E-state index is 4.62. The summed E-state index contributed by atoms with van der Waals surface area (Å²) in [4.78, 5) is 10.2. The number of aryl methyl sites for hydroxylation is 1. The predicted molar refractivity (Wildman–Crippen MR) is 94.3 cm³/mol. The van der Waals surface area contributed by atoms with Crippen molar-refractivity contribution < 1.29 is 0 Å². The predicted octanol–water partition coefficient (Wildman–Crippen LogP) is 5.00. The van der Waals surface area contributed by atoms with E-state index in [1.54, 1.807) is 11.3 Å². The van der Waals surface area contributed by atoms with E-state index in [9.17, 15) is 0 Å². The second kappa shape index (κ2) is 6.71. The molecule has 0 fully saturated rings. The average Bonchev–Trinajstić information content (AvgIpc) is 3.02. The summed E-state index contributed by atoms with van der Waals surface area (Å²) in [6.45, 7) is 5.22. The fraction of sp³-hybridized carbons (Fsp3) is 0.222. The highest BCUT2D eigenvalue weighted by Crippen LogP contribution is 2.36. The summed E-state index contributed by atoms with van der Waals surface area (Å²) in [6.07, 6.45) is 4.88. The van der Waals surface area contributed by atoms with E-state index >= 15 is 0 Å². The molecule has 1 aromatic carbocycles. The summed E-state index contributed by atoms with van der Waals surface area (Å²) in [5.41, 5.74) is 4.57. The highest BCUT2D eigenvalue weighted by molar-refractivity contribution is 7.18. The molecule has 0 unspecified atom stereocenters. The summed E-state index contributed by atoms with van der Waals surface area (Å²) in [6, 6.07) is 12.5. The summed E-state index contributed by atoms with van der Waals surface area (Å²) < 4.78 is 0. The van der Waals surface area contributed by atoms with Crippen LogP contribution in [0.4, 0.5) is 5.13 Å². The van der Waals surface area contributed by atoms with Gasteiger partial charge in [0.2, 0.25) is 0 Å². The van der Waals surface area contributed by atoms with Gasteiger partial charge < -0.3 is 5.32 Å². The topological polar surface area (TPSA) is 37.8 Å². The summed E-state index contributed by atoms with van der Waals surface area (Å²) in [5.74, 6) is 0. The number of benzene rings is 1. The van der Waals surface area contributed by atoms with Crippen molar-refractivity contribution in [2.45, 2.75) is 20.3 Å². The van der Waals surface area contributed by atoms with Gasteiger partial charge in [0.25, 0.3) is 0 Å². The molecule has 3 aromatic rings. The van der Waals surface area contributed by atoms with Crippen molar-refractivity contribution in [1.29, 1.82) is 0 Å². The Balaban J connectivity index is 2.02. The number of aromatic nitrogens is 2. The van der Waals surface area contributed by atoms with Gasteiger partial charge in [-0.05, 0) is 31.0 Å². The Morgan fingerprint density at radius 3 is 2.68 bits per heavy atom. The summed E-state index contributed by atoms with van der Waals surface area (Å²) >= 11 is 1.68. The van der Waals surface area contributed by atoms with Gasteiger partial charge in [-0.1, -0.05) is 42.5 Å². The highest BCUT2D eigenvalue weighted by atomic mass is 32.1. The largest absolute Gasteiger partial charge is 0.362 e. The fourth-order valence-corrected chi connectivity index (χ4v) is 3.24. The Morgan fingerprint density at radius 2 is 1.86 bits per heavy atom. The molecule has 2 aromatic heterocycles. The quantitative estimate of drug-likeness (QED) is 0.720. The first kappa shape index (κ1) is 14.7. The molecule has 4 heteroatoms. The number of hydrogen-bond donors (Lipinski definition) is 1. The van der Waals surface area contributed by atoms with Crippen LogP contribution >= 0.6 is 11.3 Å². The smallest absolute Gasteiger partial charge is 0.183 e. The van der Waals surface area contributed by atoms with Crippen LogP contribution in [0.25, 0.3) is 21.7 Å². The molecule has 0 aliphatic carbocycles. The maximum atomic E-state index is 4.62. The van der Waals surface area contributed by atoms with Gasteiger partial charge in [0, 0.05) is 30.1 Å². The first-order chi connectivity index (χ1) is 10.8. The minimum absolute atomic E-state index is 0.949. The minimum Gasteiger partial charge on any atom is -0.362 e. The zero-order valence-electron chi connectivity index (χ0n) is 12.8. The number of nitrogens with one attached hydrogen (secondary N) is 1. The second-order valence-corrected chi connectivity index (χ2v) is 6.20. The molecule has 0 saturated carbocycles. The summed E-state index contributed by atoms with van der Waals surface area (Å²) in [5, 5.41) is 4.31. The number of nitrogens with zero attached hydrogens (tertiary/aromatic N) is 2. The van der Waals surface area contributed by atoms with Crippen LogP contribution in [0.3, 0.4) is 0 Å². The van der Waals surface area contributed by atoms with Crippen LogP contribution < -0.4 is 5.32 Å². The zero-order valence-corrected chi connectivity index (χ0v) is 13.7. The lowest BCUT2D eigenvalue weighted by molar-refractivity contribution is 0.976. The Labute approximate surface area is 135 Å². The van der Waals surface area contributed by atoms with Crippen LogP contribution in [-0.2, 0) is 0 Å². The van der Waals surface area contributed by atoms with E-state index in [1.165, 1.54) is 11.1 Å². The average molecular weight is 309 g/mol. The van der Waals surface area contributed by atoms with Gasteiger partial charge in [-0.15, -0.1) is 0 Å². The Bertz CT molecular complexity index is 764. The van der Waals surface area contributed by atoms with Crippen LogP contribution in [0.1, 0.15) is 18.9 Å². The second-order valence-electron chi connectivity index (χ2n) is 5.17. The number of pyridine rings is 1. The standard InChI is InChI=1S/C18H19N3S/c1-3-10-20-18-21-12-16(22-18)15-9-6-11-19-17(15)14-8-5-4-7-13(14)2/h4-9,11-12H,3,10H2,1-2H3,(H,20,21). The lowest BCUT2D eigenvalue weighted by atomic mass is 10.0. The zero-order chi connectivity index (χ0) is 15.4. The molecule has 3 nitrogen and oxygen atoms in total. The van der Waals surface area contributed by atoms with Crippen molar-refractivity contribution in [3.63, 3.8) is 0 Å². The fourth-order valence-electron chi connectivity index (χ4n) is 2.37. The third-order valence-corrected chi connectivity index (χ3v) is 4.49. The molecule has 0 atom stereocenters. The Kier molecular flexibility index (Phi) is 4.49. The van der Waals surface area contributed by atoms with Crippen molar-refractivity contribution in [3.05, 3.63) is 54.4 Å². The highest BCUT2D eigenvalue weighted by Gasteiger charge is 2.12. The van der Waals surface area contributed by atoms with E-state index in [4.69, 9.17) is 0 Å². The van der Waals surface area contributed by atoms with Gasteiger partial charge >= 0.3 is 0 Å². The lowest BCUT2D eigenvalue weighted by Crippen LogP contribution is -1.97. The molecule has 22 heavy (non-hydrogen) atoms. The van der Waals surface area contributed by atoms with E-state index in [0.29, 0.717) is 0 Å². The van der Waals surface area contributed by atoms with E-state index in [-0.39, 0.29) is 0 Å². The van der Waals surface area contributed by atoms with Crippen LogP contribution in [0.2, 0.25) is 0 Å². The molecular weight excluding hydrogens is 290 g/mol. The van der Waals surface area contributed by atoms with Crippen molar-refractivity contribution in [2.75, 3.05) is 11.9 Å². The molecule has 0 amide bonds. The summed E-state index contributed by atoms with van der Waals surface area (Å²) in [7, 11) is 0.